The van der Waals surface area contributed by atoms with Crippen molar-refractivity contribution in [2.75, 3.05) is 5.75 Å². The van der Waals surface area contributed by atoms with Crippen molar-refractivity contribution in [2.45, 2.75) is 49.3 Å². The maximum absolute atomic E-state index is 13.1. The van der Waals surface area contributed by atoms with Gasteiger partial charge in [-0.2, -0.15) is 0 Å². The molecule has 22 heavy (non-hydrogen) atoms. The van der Waals surface area contributed by atoms with Crippen LogP contribution in [0.5, 0.6) is 0 Å². The number of amidine groups is 1. The summed E-state index contributed by atoms with van der Waals surface area (Å²) in [5.74, 6) is 0.231. The number of halogens is 2. The topological polar surface area (TPSA) is 72.5 Å². The molecular weight excluding hydrogens is 408 g/mol. The zero-order valence-corrected chi connectivity index (χ0v) is 16.2. The quantitative estimate of drug-likeness (QED) is 0.742. The van der Waals surface area contributed by atoms with E-state index in [0.717, 1.165) is 27.9 Å². The third-order valence-electron chi connectivity index (χ3n) is 4.71. The number of nitrogens with zero attached hydrogens (tertiary/aromatic N) is 1. The number of sulfone groups is 1. The Balaban J connectivity index is 2.13. The second kappa shape index (κ2) is 5.46. The van der Waals surface area contributed by atoms with E-state index in [1.165, 1.54) is 11.3 Å². The highest BCUT2D eigenvalue weighted by Crippen LogP contribution is 2.47. The first kappa shape index (κ1) is 16.7. The number of hydrogen-bond donors (Lipinski definition) is 1. The Kier molecular flexibility index (Phi) is 4.16. The van der Waals surface area contributed by atoms with Gasteiger partial charge in [0.25, 0.3) is 0 Å². The molecular formula is C14H18BrClN2O2S2. The zero-order valence-electron chi connectivity index (χ0n) is 12.2. The molecule has 2 aliphatic rings. The molecule has 0 radical (unpaired) electrons. The third-order valence-corrected chi connectivity index (χ3v) is 9.76. The van der Waals surface area contributed by atoms with Crippen molar-refractivity contribution >= 4 is 54.5 Å². The van der Waals surface area contributed by atoms with Gasteiger partial charge in [0.15, 0.2) is 9.84 Å². The normalized spacial score (nSPS) is 30.2. The summed E-state index contributed by atoms with van der Waals surface area (Å²) in [6.45, 7) is 1.80. The van der Waals surface area contributed by atoms with Crippen LogP contribution < -0.4 is 5.73 Å². The molecule has 1 saturated carbocycles. The largest absolute Gasteiger partial charge is 0.386 e. The Bertz CT molecular complexity index is 738. The van der Waals surface area contributed by atoms with E-state index in [1.807, 2.05) is 0 Å². The minimum atomic E-state index is -3.38. The van der Waals surface area contributed by atoms with Gasteiger partial charge in [0, 0.05) is 0 Å². The van der Waals surface area contributed by atoms with Crippen LogP contribution >= 0.6 is 38.9 Å². The summed E-state index contributed by atoms with van der Waals surface area (Å²) in [4.78, 5) is 5.40. The van der Waals surface area contributed by atoms with E-state index in [1.54, 1.807) is 13.0 Å². The molecule has 2 N–H and O–H groups in total. The maximum atomic E-state index is 13.1. The van der Waals surface area contributed by atoms with Gasteiger partial charge < -0.3 is 5.73 Å². The van der Waals surface area contributed by atoms with Crippen LogP contribution in [0, 0.1) is 0 Å². The number of hydrogen-bond acceptors (Lipinski definition) is 5. The molecule has 1 aromatic heterocycles. The van der Waals surface area contributed by atoms with E-state index in [9.17, 15) is 8.42 Å². The van der Waals surface area contributed by atoms with Crippen LogP contribution in [-0.4, -0.2) is 24.8 Å². The van der Waals surface area contributed by atoms with Gasteiger partial charge in [0.05, 0.1) is 19.4 Å². The minimum absolute atomic E-state index is 0.0344. The van der Waals surface area contributed by atoms with E-state index in [2.05, 4.69) is 20.9 Å². The molecule has 0 saturated heterocycles. The number of aliphatic imine (C=N–C) groups is 1. The second-order valence-corrected chi connectivity index (χ2v) is 11.5. The standard InChI is InChI=1S/C14H18BrClN2O2S2/c1-13(11-9(16)7-10(15)21-11)8-22(19,20)14(12(17)18-13)5-3-2-4-6-14/h7H,2-6,8H2,1H3,(H2,17,18). The average Bonchev–Trinajstić information content (AvgIpc) is 2.77. The lowest BCUT2D eigenvalue weighted by Gasteiger charge is -2.43. The highest BCUT2D eigenvalue weighted by Gasteiger charge is 2.55. The van der Waals surface area contributed by atoms with E-state index in [-0.39, 0.29) is 11.6 Å². The monoisotopic (exact) mass is 424 g/mol. The maximum Gasteiger partial charge on any atom is 0.165 e. The second-order valence-electron chi connectivity index (χ2n) is 6.31. The molecule has 3 rings (SSSR count). The predicted octanol–water partition coefficient (Wildman–Crippen LogP) is 3.87. The van der Waals surface area contributed by atoms with Gasteiger partial charge in [-0.3, -0.25) is 4.99 Å². The Morgan fingerprint density at radius 3 is 2.50 bits per heavy atom. The number of thiophene rings is 1. The molecule has 0 aromatic carbocycles. The van der Waals surface area contributed by atoms with Crippen molar-refractivity contribution in [1.82, 2.24) is 0 Å². The van der Waals surface area contributed by atoms with Gasteiger partial charge in [-0.15, -0.1) is 11.3 Å². The zero-order chi connectivity index (χ0) is 16.2. The Hall–Kier alpha value is -0.110. The fraction of sp³-hybridized carbons (Fsp3) is 0.643. The predicted molar refractivity (Wildman–Crippen MR) is 95.6 cm³/mol. The highest BCUT2D eigenvalue weighted by molar-refractivity contribution is 9.11. The summed E-state index contributed by atoms with van der Waals surface area (Å²) in [6, 6.07) is 1.77. The molecule has 122 valence electrons. The first-order valence-electron chi connectivity index (χ1n) is 7.24. The number of nitrogens with two attached hydrogens (primary N) is 1. The van der Waals surface area contributed by atoms with Crippen LogP contribution in [0.1, 0.15) is 43.9 Å². The van der Waals surface area contributed by atoms with Crippen molar-refractivity contribution in [3.05, 3.63) is 19.8 Å². The van der Waals surface area contributed by atoms with Crippen molar-refractivity contribution in [3.8, 4) is 0 Å². The van der Waals surface area contributed by atoms with E-state index in [4.69, 9.17) is 17.3 Å². The molecule has 1 unspecified atom stereocenters. The lowest BCUT2D eigenvalue weighted by Crippen LogP contribution is -2.58. The molecule has 1 fully saturated rings. The van der Waals surface area contributed by atoms with Crippen LogP contribution in [0.4, 0.5) is 0 Å². The minimum Gasteiger partial charge on any atom is -0.386 e. The van der Waals surface area contributed by atoms with Crippen LogP contribution in [0.15, 0.2) is 14.8 Å². The van der Waals surface area contributed by atoms with Crippen LogP contribution in [0.3, 0.4) is 0 Å². The van der Waals surface area contributed by atoms with Crippen molar-refractivity contribution < 1.29 is 8.42 Å². The van der Waals surface area contributed by atoms with Gasteiger partial charge in [0.1, 0.15) is 16.1 Å². The molecule has 8 heteroatoms. The summed E-state index contributed by atoms with van der Waals surface area (Å²) in [6.07, 6.45) is 4.01. The SMILES string of the molecule is CC1(c2sc(Br)cc2Cl)CS(=O)(=O)C2(CCCCC2)C(N)=N1. The molecule has 1 aliphatic carbocycles. The first-order chi connectivity index (χ1) is 10.2. The van der Waals surface area contributed by atoms with E-state index < -0.39 is 20.1 Å². The van der Waals surface area contributed by atoms with Gasteiger partial charge >= 0.3 is 0 Å². The smallest absolute Gasteiger partial charge is 0.165 e. The van der Waals surface area contributed by atoms with Gasteiger partial charge in [-0.1, -0.05) is 30.9 Å². The van der Waals surface area contributed by atoms with E-state index in [0.29, 0.717) is 17.9 Å². The van der Waals surface area contributed by atoms with Crippen LogP contribution in [-0.2, 0) is 15.4 Å². The van der Waals surface area contributed by atoms with Gasteiger partial charge in [0.2, 0.25) is 0 Å². The first-order valence-corrected chi connectivity index (χ1v) is 10.9. The molecule has 2 heterocycles. The Morgan fingerprint density at radius 1 is 1.36 bits per heavy atom. The average molecular weight is 426 g/mol. The molecule has 4 nitrogen and oxygen atoms in total. The Morgan fingerprint density at radius 2 is 2.00 bits per heavy atom. The summed E-state index contributed by atoms with van der Waals surface area (Å²) in [7, 11) is -3.38. The number of rotatable bonds is 1. The highest BCUT2D eigenvalue weighted by atomic mass is 79.9. The van der Waals surface area contributed by atoms with Gasteiger partial charge in [-0.25, -0.2) is 8.42 Å². The molecule has 1 aromatic rings. The van der Waals surface area contributed by atoms with Gasteiger partial charge in [-0.05, 0) is 41.8 Å². The lowest BCUT2D eigenvalue weighted by molar-refractivity contribution is 0.415. The van der Waals surface area contributed by atoms with Crippen molar-refractivity contribution in [3.63, 3.8) is 0 Å². The van der Waals surface area contributed by atoms with E-state index >= 15 is 0 Å². The Labute approximate surface area is 148 Å². The van der Waals surface area contributed by atoms with Crippen LogP contribution in [0.2, 0.25) is 5.02 Å². The summed E-state index contributed by atoms with van der Waals surface area (Å²) in [5.41, 5.74) is 5.31. The van der Waals surface area contributed by atoms with Crippen LogP contribution in [0.25, 0.3) is 0 Å². The third kappa shape index (κ3) is 2.44. The fourth-order valence-electron chi connectivity index (χ4n) is 3.58. The fourth-order valence-corrected chi connectivity index (χ4v) is 8.38. The molecule has 1 atom stereocenters. The summed E-state index contributed by atoms with van der Waals surface area (Å²) < 4.78 is 26.0. The molecule has 0 bridgehead atoms. The van der Waals surface area contributed by atoms with Crippen molar-refractivity contribution in [1.29, 1.82) is 0 Å². The molecule has 0 amide bonds. The van der Waals surface area contributed by atoms with Crippen molar-refractivity contribution in [2.24, 2.45) is 10.7 Å². The molecule has 1 aliphatic heterocycles. The summed E-state index contributed by atoms with van der Waals surface area (Å²) >= 11 is 11.1. The summed E-state index contributed by atoms with van der Waals surface area (Å²) in [5, 5.41) is 0.533. The molecule has 1 spiro atoms. The lowest BCUT2D eigenvalue weighted by atomic mass is 9.86.